The molecule has 1 N–H and O–H groups in total. The van der Waals surface area contributed by atoms with Gasteiger partial charge in [-0.15, -0.1) is 0 Å². The molecule has 1 aliphatic rings. The fourth-order valence-electron chi connectivity index (χ4n) is 1.78. The summed E-state index contributed by atoms with van der Waals surface area (Å²) in [6.07, 6.45) is 1.28. The highest BCUT2D eigenvalue weighted by Crippen LogP contribution is 2.18. The lowest BCUT2D eigenvalue weighted by atomic mass is 10.2. The Morgan fingerprint density at radius 1 is 1.50 bits per heavy atom. The van der Waals surface area contributed by atoms with Crippen LogP contribution in [0.5, 0.6) is 5.75 Å². The van der Waals surface area contributed by atoms with Crippen molar-refractivity contribution in [2.24, 2.45) is 0 Å². The fraction of sp³-hybridized carbons (Fsp3) is 0.500. The lowest BCUT2D eigenvalue weighted by Crippen LogP contribution is -2.16. The largest absolute Gasteiger partial charge is 0.494 e. The van der Waals surface area contributed by atoms with Crippen LogP contribution in [-0.2, 0) is 11.3 Å². The summed E-state index contributed by atoms with van der Waals surface area (Å²) >= 11 is 0. The molecule has 0 aromatic heterocycles. The summed E-state index contributed by atoms with van der Waals surface area (Å²) in [6.45, 7) is 2.34. The number of halogens is 1. The maximum absolute atomic E-state index is 13.4. The van der Waals surface area contributed by atoms with E-state index in [0.717, 1.165) is 25.1 Å². The van der Waals surface area contributed by atoms with Crippen LogP contribution in [-0.4, -0.2) is 26.3 Å². The molecule has 1 unspecified atom stereocenters. The van der Waals surface area contributed by atoms with Gasteiger partial charge in [0.05, 0.1) is 19.8 Å². The molecule has 0 amide bonds. The zero-order valence-corrected chi connectivity index (χ0v) is 9.33. The topological polar surface area (TPSA) is 30.5 Å². The van der Waals surface area contributed by atoms with Crippen LogP contribution in [0.2, 0.25) is 0 Å². The Bertz CT molecular complexity index is 351. The molecular formula is C12H16FNO2. The van der Waals surface area contributed by atoms with Gasteiger partial charge in [-0.1, -0.05) is 6.07 Å². The van der Waals surface area contributed by atoms with Gasteiger partial charge in [0.25, 0.3) is 0 Å². The van der Waals surface area contributed by atoms with Gasteiger partial charge in [0.1, 0.15) is 0 Å². The van der Waals surface area contributed by atoms with Gasteiger partial charge in [-0.3, -0.25) is 0 Å². The van der Waals surface area contributed by atoms with Gasteiger partial charge in [0.15, 0.2) is 11.6 Å². The molecule has 16 heavy (non-hydrogen) atoms. The molecule has 0 aliphatic carbocycles. The lowest BCUT2D eigenvalue weighted by molar-refractivity contribution is 0.0540. The second-order valence-electron chi connectivity index (χ2n) is 3.89. The van der Waals surface area contributed by atoms with Crippen molar-refractivity contribution in [1.82, 2.24) is 5.32 Å². The first-order valence-corrected chi connectivity index (χ1v) is 5.44. The smallest absolute Gasteiger partial charge is 0.165 e. The number of ether oxygens (including phenoxy) is 2. The van der Waals surface area contributed by atoms with Crippen LogP contribution in [0.15, 0.2) is 18.2 Å². The molecule has 1 aromatic carbocycles. The van der Waals surface area contributed by atoms with Crippen LogP contribution < -0.4 is 10.1 Å². The first-order valence-electron chi connectivity index (χ1n) is 5.44. The highest BCUT2D eigenvalue weighted by atomic mass is 19.1. The van der Waals surface area contributed by atoms with Gasteiger partial charge in [0.2, 0.25) is 0 Å². The standard InChI is InChI=1S/C12H16FNO2/c1-15-12-3-2-9(6-11(12)13)8-16-10-4-5-14-7-10/h2-3,6,10,14H,4-5,7-8H2,1H3. The van der Waals surface area contributed by atoms with Gasteiger partial charge >= 0.3 is 0 Å². The van der Waals surface area contributed by atoms with Crippen molar-refractivity contribution in [3.8, 4) is 5.75 Å². The Hall–Kier alpha value is -1.13. The molecule has 3 nitrogen and oxygen atoms in total. The van der Waals surface area contributed by atoms with Crippen LogP contribution in [0.3, 0.4) is 0 Å². The zero-order valence-electron chi connectivity index (χ0n) is 9.33. The number of rotatable bonds is 4. The van der Waals surface area contributed by atoms with E-state index in [1.165, 1.54) is 13.2 Å². The van der Waals surface area contributed by atoms with E-state index in [9.17, 15) is 4.39 Å². The summed E-state index contributed by atoms with van der Waals surface area (Å²) in [5, 5.41) is 3.22. The zero-order chi connectivity index (χ0) is 11.4. The van der Waals surface area contributed by atoms with Crippen LogP contribution in [0.1, 0.15) is 12.0 Å². The highest BCUT2D eigenvalue weighted by molar-refractivity contribution is 5.28. The third kappa shape index (κ3) is 2.71. The number of hydrogen-bond donors (Lipinski definition) is 1. The van der Waals surface area contributed by atoms with E-state index in [2.05, 4.69) is 5.32 Å². The molecule has 0 radical (unpaired) electrons. The minimum Gasteiger partial charge on any atom is -0.494 e. The third-order valence-electron chi connectivity index (χ3n) is 2.72. The Morgan fingerprint density at radius 3 is 3.00 bits per heavy atom. The minimum atomic E-state index is -0.340. The van der Waals surface area contributed by atoms with Crippen LogP contribution >= 0.6 is 0 Å². The van der Waals surface area contributed by atoms with Crippen molar-refractivity contribution in [2.75, 3.05) is 20.2 Å². The van der Waals surface area contributed by atoms with E-state index < -0.39 is 0 Å². The number of benzene rings is 1. The van der Waals surface area contributed by atoms with Crippen molar-refractivity contribution < 1.29 is 13.9 Å². The van der Waals surface area contributed by atoms with Crippen molar-refractivity contribution in [2.45, 2.75) is 19.1 Å². The molecule has 1 saturated heterocycles. The van der Waals surface area contributed by atoms with E-state index in [0.29, 0.717) is 6.61 Å². The highest BCUT2D eigenvalue weighted by Gasteiger charge is 2.14. The average Bonchev–Trinajstić information content (AvgIpc) is 2.79. The van der Waals surface area contributed by atoms with Gasteiger partial charge in [-0.05, 0) is 30.7 Å². The molecule has 1 aromatic rings. The Morgan fingerprint density at radius 2 is 2.38 bits per heavy atom. The molecule has 1 atom stereocenters. The number of hydrogen-bond acceptors (Lipinski definition) is 3. The van der Waals surface area contributed by atoms with Gasteiger partial charge in [-0.25, -0.2) is 4.39 Å². The first-order chi connectivity index (χ1) is 7.79. The maximum atomic E-state index is 13.4. The van der Waals surface area contributed by atoms with Crippen LogP contribution in [0, 0.1) is 5.82 Å². The van der Waals surface area contributed by atoms with Crippen LogP contribution in [0.4, 0.5) is 4.39 Å². The van der Waals surface area contributed by atoms with Crippen molar-refractivity contribution in [3.05, 3.63) is 29.6 Å². The number of nitrogens with one attached hydrogen (secondary N) is 1. The van der Waals surface area contributed by atoms with E-state index in [-0.39, 0.29) is 17.7 Å². The van der Waals surface area contributed by atoms with Crippen molar-refractivity contribution in [1.29, 1.82) is 0 Å². The second kappa shape index (κ2) is 5.27. The first kappa shape index (κ1) is 11.4. The predicted octanol–water partition coefficient (Wildman–Crippen LogP) is 1.71. The Kier molecular flexibility index (Phi) is 3.74. The van der Waals surface area contributed by atoms with Gasteiger partial charge < -0.3 is 14.8 Å². The van der Waals surface area contributed by atoms with Crippen molar-refractivity contribution in [3.63, 3.8) is 0 Å². The third-order valence-corrected chi connectivity index (χ3v) is 2.72. The van der Waals surface area contributed by atoms with E-state index >= 15 is 0 Å². The molecule has 0 bridgehead atoms. The molecule has 88 valence electrons. The summed E-state index contributed by atoms with van der Waals surface area (Å²) in [7, 11) is 1.46. The van der Waals surface area contributed by atoms with Gasteiger partial charge in [-0.2, -0.15) is 0 Å². The SMILES string of the molecule is COc1ccc(COC2CCNC2)cc1F. The molecule has 2 rings (SSSR count). The van der Waals surface area contributed by atoms with E-state index in [1.54, 1.807) is 6.07 Å². The van der Waals surface area contributed by atoms with Crippen molar-refractivity contribution >= 4 is 0 Å². The molecule has 0 spiro atoms. The van der Waals surface area contributed by atoms with E-state index in [4.69, 9.17) is 9.47 Å². The molecule has 1 aliphatic heterocycles. The normalized spacial score (nSPS) is 20.0. The quantitative estimate of drug-likeness (QED) is 0.846. The summed E-state index contributed by atoms with van der Waals surface area (Å²) in [4.78, 5) is 0. The maximum Gasteiger partial charge on any atom is 0.165 e. The minimum absolute atomic E-state index is 0.255. The summed E-state index contributed by atoms with van der Waals surface area (Å²) < 4.78 is 23.9. The van der Waals surface area contributed by atoms with Gasteiger partial charge in [0, 0.05) is 6.54 Å². The molecular weight excluding hydrogens is 209 g/mol. The summed E-state index contributed by atoms with van der Waals surface area (Å²) in [5.41, 5.74) is 0.838. The Labute approximate surface area is 94.6 Å². The second-order valence-corrected chi connectivity index (χ2v) is 3.89. The van der Waals surface area contributed by atoms with E-state index in [1.807, 2.05) is 6.07 Å². The summed E-state index contributed by atoms with van der Waals surface area (Å²) in [5.74, 6) is -0.0700. The predicted molar refractivity (Wildman–Crippen MR) is 59.0 cm³/mol. The average molecular weight is 225 g/mol. The number of methoxy groups -OCH3 is 1. The molecule has 1 fully saturated rings. The monoisotopic (exact) mass is 225 g/mol. The fourth-order valence-corrected chi connectivity index (χ4v) is 1.78. The molecule has 0 saturated carbocycles. The lowest BCUT2D eigenvalue weighted by Gasteiger charge is -2.11. The Balaban J connectivity index is 1.91. The van der Waals surface area contributed by atoms with Crippen LogP contribution in [0.25, 0.3) is 0 Å². The molecule has 1 heterocycles. The summed E-state index contributed by atoms with van der Waals surface area (Å²) in [6, 6.07) is 4.91. The molecule has 4 heteroatoms.